The summed E-state index contributed by atoms with van der Waals surface area (Å²) >= 11 is 0. The number of aromatic nitrogens is 1. The standard InChI is InChI=1S/C25H27N3O5S/c1-17-10-11-23(18(2)14-17)34(30,31)28-19-6-3-7-20(15-19)33-25-22(9-4-12-26-25)24(29)27-16-21-8-5-13-32-21/h3-4,6-7,9-12,14-15,21,28H,5,8,13,16H2,1-2H3,(H,27,29). The molecule has 178 valence electrons. The van der Waals surface area contributed by atoms with Crippen LogP contribution in [0, 0.1) is 13.8 Å². The average Bonchev–Trinajstić information content (AvgIpc) is 3.31. The number of sulfonamides is 1. The SMILES string of the molecule is Cc1ccc(S(=O)(=O)Nc2cccc(Oc3ncccc3C(=O)NCC3CCCO3)c2)c(C)c1. The molecule has 1 aromatic heterocycles. The van der Waals surface area contributed by atoms with Gasteiger partial charge in [-0.2, -0.15) is 0 Å². The van der Waals surface area contributed by atoms with Gasteiger partial charge in [0.1, 0.15) is 11.3 Å². The van der Waals surface area contributed by atoms with E-state index < -0.39 is 10.0 Å². The predicted molar refractivity (Wildman–Crippen MR) is 129 cm³/mol. The topological polar surface area (TPSA) is 107 Å². The largest absolute Gasteiger partial charge is 0.438 e. The molecule has 1 fully saturated rings. The normalized spacial score (nSPS) is 15.6. The molecule has 3 aromatic rings. The van der Waals surface area contributed by atoms with Gasteiger partial charge in [0.15, 0.2) is 0 Å². The van der Waals surface area contributed by atoms with Crippen molar-refractivity contribution in [2.24, 2.45) is 0 Å². The number of hydrogen-bond donors (Lipinski definition) is 2. The second-order valence-electron chi connectivity index (χ2n) is 8.21. The van der Waals surface area contributed by atoms with Crippen molar-refractivity contribution in [3.05, 3.63) is 77.5 Å². The lowest BCUT2D eigenvalue weighted by Gasteiger charge is -2.14. The van der Waals surface area contributed by atoms with Crippen LogP contribution in [0.1, 0.15) is 34.3 Å². The average molecular weight is 482 g/mol. The van der Waals surface area contributed by atoms with E-state index in [0.717, 1.165) is 18.4 Å². The summed E-state index contributed by atoms with van der Waals surface area (Å²) in [6.45, 7) is 4.80. The number of carbonyl (C=O) groups is 1. The van der Waals surface area contributed by atoms with E-state index in [-0.39, 0.29) is 28.4 Å². The summed E-state index contributed by atoms with van der Waals surface area (Å²) in [7, 11) is -3.78. The highest BCUT2D eigenvalue weighted by Gasteiger charge is 2.20. The fourth-order valence-corrected chi connectivity index (χ4v) is 5.07. The summed E-state index contributed by atoms with van der Waals surface area (Å²) in [5, 5.41) is 2.86. The minimum Gasteiger partial charge on any atom is -0.438 e. The highest BCUT2D eigenvalue weighted by molar-refractivity contribution is 7.92. The van der Waals surface area contributed by atoms with Crippen LogP contribution in [-0.2, 0) is 14.8 Å². The maximum atomic E-state index is 12.9. The molecule has 1 unspecified atom stereocenters. The third-order valence-electron chi connectivity index (χ3n) is 5.45. The van der Waals surface area contributed by atoms with Crippen molar-refractivity contribution in [3.63, 3.8) is 0 Å². The summed E-state index contributed by atoms with van der Waals surface area (Å²) in [5.41, 5.74) is 2.25. The second kappa shape index (κ2) is 10.2. The second-order valence-corrected chi connectivity index (χ2v) is 9.86. The minimum absolute atomic E-state index is 0.0202. The van der Waals surface area contributed by atoms with Crippen LogP contribution in [0.3, 0.4) is 0 Å². The van der Waals surface area contributed by atoms with Gasteiger partial charge in [0.25, 0.3) is 15.9 Å². The number of aryl methyl sites for hydroxylation is 2. The van der Waals surface area contributed by atoms with E-state index in [2.05, 4.69) is 15.0 Å². The van der Waals surface area contributed by atoms with Crippen LogP contribution < -0.4 is 14.8 Å². The van der Waals surface area contributed by atoms with Crippen molar-refractivity contribution in [2.45, 2.75) is 37.7 Å². The Kier molecular flexibility index (Phi) is 7.14. The first kappa shape index (κ1) is 23.7. The molecule has 8 nitrogen and oxygen atoms in total. The maximum absolute atomic E-state index is 12.9. The van der Waals surface area contributed by atoms with E-state index in [9.17, 15) is 13.2 Å². The molecule has 0 aliphatic carbocycles. The van der Waals surface area contributed by atoms with E-state index in [1.54, 1.807) is 55.5 Å². The van der Waals surface area contributed by atoms with E-state index in [0.29, 0.717) is 30.2 Å². The van der Waals surface area contributed by atoms with Crippen molar-refractivity contribution >= 4 is 21.6 Å². The van der Waals surface area contributed by atoms with Gasteiger partial charge in [0, 0.05) is 25.4 Å². The molecule has 34 heavy (non-hydrogen) atoms. The van der Waals surface area contributed by atoms with E-state index in [1.807, 2.05) is 13.0 Å². The number of ether oxygens (including phenoxy) is 2. The number of benzene rings is 2. The molecule has 1 aliphatic heterocycles. The zero-order valence-corrected chi connectivity index (χ0v) is 19.9. The monoisotopic (exact) mass is 481 g/mol. The summed E-state index contributed by atoms with van der Waals surface area (Å²) in [4.78, 5) is 17.1. The number of anilines is 1. The van der Waals surface area contributed by atoms with Crippen LogP contribution in [0.4, 0.5) is 5.69 Å². The Morgan fingerprint density at radius 1 is 1.15 bits per heavy atom. The van der Waals surface area contributed by atoms with Crippen molar-refractivity contribution in [2.75, 3.05) is 17.9 Å². The first-order valence-corrected chi connectivity index (χ1v) is 12.5. The van der Waals surface area contributed by atoms with Gasteiger partial charge in [-0.25, -0.2) is 13.4 Å². The van der Waals surface area contributed by atoms with Gasteiger partial charge in [-0.15, -0.1) is 0 Å². The smallest absolute Gasteiger partial charge is 0.262 e. The van der Waals surface area contributed by atoms with Gasteiger partial charge in [-0.3, -0.25) is 9.52 Å². The summed E-state index contributed by atoms with van der Waals surface area (Å²) in [6.07, 6.45) is 3.46. The van der Waals surface area contributed by atoms with Gasteiger partial charge in [-0.05, 0) is 62.6 Å². The molecular weight excluding hydrogens is 454 g/mol. The Labute approximate surface area is 199 Å². The Morgan fingerprint density at radius 2 is 2.00 bits per heavy atom. The first-order chi connectivity index (χ1) is 16.3. The van der Waals surface area contributed by atoms with Crippen LogP contribution in [-0.4, -0.2) is 38.6 Å². The van der Waals surface area contributed by atoms with Crippen LogP contribution in [0.25, 0.3) is 0 Å². The predicted octanol–water partition coefficient (Wildman–Crippen LogP) is 4.20. The van der Waals surface area contributed by atoms with Crippen LogP contribution in [0.5, 0.6) is 11.6 Å². The molecule has 0 saturated carbocycles. The molecular formula is C25H27N3O5S. The number of nitrogens with zero attached hydrogens (tertiary/aromatic N) is 1. The minimum atomic E-state index is -3.78. The molecule has 4 rings (SSSR count). The van der Waals surface area contributed by atoms with Crippen LogP contribution in [0.2, 0.25) is 0 Å². The van der Waals surface area contributed by atoms with Crippen molar-refractivity contribution in [1.29, 1.82) is 0 Å². The summed E-state index contributed by atoms with van der Waals surface area (Å²) in [6, 6.07) is 14.9. The molecule has 1 amide bonds. The first-order valence-electron chi connectivity index (χ1n) is 11.0. The van der Waals surface area contributed by atoms with Crippen molar-refractivity contribution < 1.29 is 22.7 Å². The van der Waals surface area contributed by atoms with E-state index in [4.69, 9.17) is 9.47 Å². The molecule has 0 bridgehead atoms. The maximum Gasteiger partial charge on any atom is 0.262 e. The molecule has 2 N–H and O–H groups in total. The molecule has 1 atom stereocenters. The highest BCUT2D eigenvalue weighted by atomic mass is 32.2. The summed E-state index contributed by atoms with van der Waals surface area (Å²) < 4.78 is 39.8. The molecule has 9 heteroatoms. The van der Waals surface area contributed by atoms with Gasteiger partial charge in [-0.1, -0.05) is 23.8 Å². The third kappa shape index (κ3) is 5.73. The molecule has 2 aromatic carbocycles. The Hall–Kier alpha value is -3.43. The number of rotatable bonds is 8. The number of carbonyl (C=O) groups excluding carboxylic acids is 1. The van der Waals surface area contributed by atoms with Crippen LogP contribution in [0.15, 0.2) is 65.7 Å². The molecule has 1 aliphatic rings. The van der Waals surface area contributed by atoms with Crippen molar-refractivity contribution in [1.82, 2.24) is 10.3 Å². The zero-order valence-electron chi connectivity index (χ0n) is 19.1. The Bertz CT molecular complexity index is 1290. The molecule has 2 heterocycles. The van der Waals surface area contributed by atoms with E-state index in [1.165, 1.54) is 6.20 Å². The van der Waals surface area contributed by atoms with Crippen molar-refractivity contribution in [3.8, 4) is 11.6 Å². The van der Waals surface area contributed by atoms with E-state index >= 15 is 0 Å². The van der Waals surface area contributed by atoms with Gasteiger partial charge >= 0.3 is 0 Å². The quantitative estimate of drug-likeness (QED) is 0.499. The van der Waals surface area contributed by atoms with Crippen LogP contribution >= 0.6 is 0 Å². The summed E-state index contributed by atoms with van der Waals surface area (Å²) in [5.74, 6) is 0.153. The lowest BCUT2D eigenvalue weighted by Crippen LogP contribution is -2.32. The fraction of sp³-hybridized carbons (Fsp3) is 0.280. The molecule has 1 saturated heterocycles. The number of nitrogens with one attached hydrogen (secondary N) is 2. The van der Waals surface area contributed by atoms with Gasteiger partial charge in [0.2, 0.25) is 5.88 Å². The third-order valence-corrected chi connectivity index (χ3v) is 6.99. The number of hydrogen-bond acceptors (Lipinski definition) is 6. The molecule has 0 spiro atoms. The van der Waals surface area contributed by atoms with Gasteiger partial charge < -0.3 is 14.8 Å². The van der Waals surface area contributed by atoms with Gasteiger partial charge in [0.05, 0.1) is 16.7 Å². The Morgan fingerprint density at radius 3 is 2.76 bits per heavy atom. The highest BCUT2D eigenvalue weighted by Crippen LogP contribution is 2.27. The molecule has 0 radical (unpaired) electrons. The fourth-order valence-electron chi connectivity index (χ4n) is 3.80. The number of pyridine rings is 1. The Balaban J connectivity index is 1.49. The zero-order chi connectivity index (χ0) is 24.1. The lowest BCUT2D eigenvalue weighted by molar-refractivity contribution is 0.0855. The lowest BCUT2D eigenvalue weighted by atomic mass is 10.2. The number of amides is 1.